The Kier molecular flexibility index (Phi) is 9.77. The lowest BCUT2D eigenvalue weighted by molar-refractivity contribution is -0.142. The molecule has 0 saturated carbocycles. The van der Waals surface area contributed by atoms with E-state index in [0.29, 0.717) is 12.8 Å². The lowest BCUT2D eigenvalue weighted by Gasteiger charge is -2.34. The number of primary amides is 1. The van der Waals surface area contributed by atoms with Crippen LogP contribution in [-0.2, 0) is 9.59 Å². The van der Waals surface area contributed by atoms with Crippen LogP contribution in [0.4, 0.5) is 4.79 Å². The van der Waals surface area contributed by atoms with E-state index in [9.17, 15) is 14.4 Å². The summed E-state index contributed by atoms with van der Waals surface area (Å²) in [4.78, 5) is 39.9. The first-order valence-electron chi connectivity index (χ1n) is 6.45. The first-order valence-corrected chi connectivity index (χ1v) is 6.45. The number of likely N-dealkylation sites (N-methyl/N-ethyl adjacent to an activating group) is 1. The molecule has 0 aliphatic carbocycles. The van der Waals surface area contributed by atoms with Gasteiger partial charge in [-0.05, 0) is 6.42 Å². The van der Waals surface area contributed by atoms with Gasteiger partial charge in [0.25, 0.3) is 11.8 Å². The minimum Gasteiger partial charge on any atom is -0.351 e. The Labute approximate surface area is 146 Å². The van der Waals surface area contributed by atoms with E-state index in [1.165, 1.54) is 7.05 Å². The summed E-state index contributed by atoms with van der Waals surface area (Å²) in [6.07, 6.45) is 0.927. The molecule has 0 saturated heterocycles. The molecule has 1 aliphatic heterocycles. The molecule has 1 atom stereocenters. The lowest BCUT2D eigenvalue weighted by Crippen LogP contribution is -2.66. The van der Waals surface area contributed by atoms with Gasteiger partial charge in [0.15, 0.2) is 0 Å². The molecule has 0 bridgehead atoms. The van der Waals surface area contributed by atoms with Gasteiger partial charge in [0.05, 0.1) is 6.54 Å². The SMILES string of the molecule is CCCC(N)(N)C(=O)N(C)C1CN=C(NC(N)=O)NC1=O.Cl.Cl. The maximum atomic E-state index is 12.2. The minimum absolute atomic E-state index is 0. The number of hydrogen-bond acceptors (Lipinski definition) is 6. The summed E-state index contributed by atoms with van der Waals surface area (Å²) in [6, 6.07) is -1.69. The summed E-state index contributed by atoms with van der Waals surface area (Å²) in [5.41, 5.74) is 14.9. The summed E-state index contributed by atoms with van der Waals surface area (Å²) < 4.78 is 0. The minimum atomic E-state index is -1.53. The van der Waals surface area contributed by atoms with Crippen LogP contribution in [0.5, 0.6) is 0 Å². The summed E-state index contributed by atoms with van der Waals surface area (Å²) in [5, 5.41) is 4.50. The highest BCUT2D eigenvalue weighted by Crippen LogP contribution is 2.11. The van der Waals surface area contributed by atoms with Crippen LogP contribution in [0.15, 0.2) is 4.99 Å². The Morgan fingerprint density at radius 1 is 1.43 bits per heavy atom. The number of hydrogen-bond donors (Lipinski definition) is 5. The largest absolute Gasteiger partial charge is 0.351 e. The van der Waals surface area contributed by atoms with Gasteiger partial charge in [-0.1, -0.05) is 13.3 Å². The molecule has 12 heteroatoms. The topological polar surface area (TPSA) is 169 Å². The zero-order chi connectivity index (χ0) is 16.2. The molecule has 0 aromatic rings. The molecule has 23 heavy (non-hydrogen) atoms. The summed E-state index contributed by atoms with van der Waals surface area (Å²) in [6.45, 7) is 1.83. The van der Waals surface area contributed by atoms with Crippen LogP contribution < -0.4 is 27.8 Å². The van der Waals surface area contributed by atoms with Crippen molar-refractivity contribution in [1.29, 1.82) is 0 Å². The maximum absolute atomic E-state index is 12.2. The molecule has 1 heterocycles. The van der Waals surface area contributed by atoms with Crippen LogP contribution in [0.2, 0.25) is 0 Å². The molecule has 10 nitrogen and oxygen atoms in total. The van der Waals surface area contributed by atoms with Crippen LogP contribution in [-0.4, -0.2) is 54.0 Å². The van der Waals surface area contributed by atoms with Crippen molar-refractivity contribution < 1.29 is 14.4 Å². The van der Waals surface area contributed by atoms with Crippen molar-refractivity contribution in [2.45, 2.75) is 31.5 Å². The highest BCUT2D eigenvalue weighted by Gasteiger charge is 2.38. The number of carbonyl (C=O) groups excluding carboxylic acids is 3. The van der Waals surface area contributed by atoms with E-state index < -0.39 is 29.6 Å². The quantitative estimate of drug-likeness (QED) is 0.367. The monoisotopic (exact) mass is 371 g/mol. The van der Waals surface area contributed by atoms with Gasteiger partial charge >= 0.3 is 6.03 Å². The Morgan fingerprint density at radius 3 is 2.43 bits per heavy atom. The van der Waals surface area contributed by atoms with Crippen molar-refractivity contribution in [2.24, 2.45) is 22.2 Å². The van der Waals surface area contributed by atoms with Gasteiger partial charge in [0, 0.05) is 7.05 Å². The van der Waals surface area contributed by atoms with Crippen molar-refractivity contribution in [1.82, 2.24) is 15.5 Å². The number of aliphatic imine (C=N–C) groups is 1. The van der Waals surface area contributed by atoms with Crippen molar-refractivity contribution >= 4 is 48.6 Å². The van der Waals surface area contributed by atoms with Gasteiger partial charge in [-0.2, -0.15) is 0 Å². The molecule has 1 unspecified atom stereocenters. The second kappa shape index (κ2) is 9.50. The van der Waals surface area contributed by atoms with E-state index >= 15 is 0 Å². The second-order valence-electron chi connectivity index (χ2n) is 4.89. The first kappa shape index (κ1) is 23.6. The number of halogens is 2. The van der Waals surface area contributed by atoms with Gasteiger partial charge in [-0.3, -0.25) is 20.2 Å². The van der Waals surface area contributed by atoms with Gasteiger partial charge in [0.2, 0.25) is 5.96 Å². The average molecular weight is 372 g/mol. The van der Waals surface area contributed by atoms with E-state index in [1.807, 2.05) is 6.92 Å². The van der Waals surface area contributed by atoms with Crippen LogP contribution in [0.25, 0.3) is 0 Å². The molecule has 0 aromatic heterocycles. The molecular formula is C11H23Cl2N7O3. The van der Waals surface area contributed by atoms with E-state index in [4.69, 9.17) is 17.2 Å². The summed E-state index contributed by atoms with van der Waals surface area (Å²) in [5.74, 6) is -1.10. The third-order valence-corrected chi connectivity index (χ3v) is 3.06. The third-order valence-electron chi connectivity index (χ3n) is 3.06. The number of guanidine groups is 1. The van der Waals surface area contributed by atoms with Crippen LogP contribution in [0.3, 0.4) is 0 Å². The second-order valence-corrected chi connectivity index (χ2v) is 4.89. The Balaban J connectivity index is 0. The maximum Gasteiger partial charge on any atom is 0.318 e. The van der Waals surface area contributed by atoms with E-state index in [0.717, 1.165) is 4.90 Å². The zero-order valence-corrected chi connectivity index (χ0v) is 14.5. The van der Waals surface area contributed by atoms with Crippen LogP contribution in [0.1, 0.15) is 19.8 Å². The van der Waals surface area contributed by atoms with Gasteiger partial charge < -0.3 is 22.1 Å². The smallest absolute Gasteiger partial charge is 0.318 e. The molecule has 0 spiro atoms. The molecule has 0 fully saturated rings. The lowest BCUT2D eigenvalue weighted by atomic mass is 10.0. The molecule has 0 radical (unpaired) electrons. The normalized spacial score (nSPS) is 17.0. The fourth-order valence-electron chi connectivity index (χ4n) is 1.98. The molecule has 0 aromatic carbocycles. The average Bonchev–Trinajstić information content (AvgIpc) is 2.36. The van der Waals surface area contributed by atoms with E-state index in [2.05, 4.69) is 15.6 Å². The number of nitrogens with two attached hydrogens (primary N) is 3. The molecule has 4 amide bonds. The van der Waals surface area contributed by atoms with Gasteiger partial charge in [-0.25, -0.2) is 9.79 Å². The Morgan fingerprint density at radius 2 is 2.00 bits per heavy atom. The third kappa shape index (κ3) is 6.18. The first-order chi connectivity index (χ1) is 9.69. The molecule has 1 rings (SSSR count). The van der Waals surface area contributed by atoms with Crippen LogP contribution >= 0.6 is 24.8 Å². The van der Waals surface area contributed by atoms with Gasteiger partial charge in [0.1, 0.15) is 11.7 Å². The van der Waals surface area contributed by atoms with Crippen molar-refractivity contribution in [3.05, 3.63) is 0 Å². The standard InChI is InChI=1S/C11H21N7O3.2ClH/c1-3-4-11(13,14)8(20)18(2)6-5-15-10(16-7(6)19)17-9(12)21;;/h6H,3-5,13-14H2,1-2H3,(H4,12,15,16,17,19,21);2*1H. The van der Waals surface area contributed by atoms with Crippen LogP contribution in [0, 0.1) is 0 Å². The Bertz CT molecular complexity index is 484. The molecule has 1 aliphatic rings. The fourth-order valence-corrected chi connectivity index (χ4v) is 1.98. The highest BCUT2D eigenvalue weighted by molar-refractivity contribution is 6.07. The fraction of sp³-hybridized carbons (Fsp3) is 0.636. The molecule has 8 N–H and O–H groups in total. The number of nitrogens with zero attached hydrogens (tertiary/aromatic N) is 2. The van der Waals surface area contributed by atoms with E-state index in [1.54, 1.807) is 0 Å². The van der Waals surface area contributed by atoms with Gasteiger partial charge in [-0.15, -0.1) is 24.8 Å². The molecular weight excluding hydrogens is 349 g/mol. The van der Waals surface area contributed by atoms with E-state index in [-0.39, 0.29) is 37.3 Å². The summed E-state index contributed by atoms with van der Waals surface area (Å²) >= 11 is 0. The highest BCUT2D eigenvalue weighted by atomic mass is 35.5. The number of carbonyl (C=O) groups is 3. The van der Waals surface area contributed by atoms with Crippen molar-refractivity contribution in [3.63, 3.8) is 0 Å². The predicted octanol–water partition coefficient (Wildman–Crippen LogP) is -1.78. The number of nitrogens with one attached hydrogen (secondary N) is 2. The van der Waals surface area contributed by atoms with Crippen molar-refractivity contribution in [2.75, 3.05) is 13.6 Å². The number of amides is 4. The van der Waals surface area contributed by atoms with Crippen molar-refractivity contribution in [3.8, 4) is 0 Å². The molecule has 134 valence electrons. The summed E-state index contributed by atoms with van der Waals surface area (Å²) in [7, 11) is 1.43. The number of rotatable bonds is 4. The Hall–Kier alpha value is -1.62. The number of urea groups is 1. The predicted molar refractivity (Wildman–Crippen MR) is 90.2 cm³/mol. The zero-order valence-electron chi connectivity index (χ0n) is 12.9.